The molecule has 1 aliphatic heterocycles. The van der Waals surface area contributed by atoms with Gasteiger partial charge in [-0.25, -0.2) is 0 Å². The van der Waals surface area contributed by atoms with E-state index in [1.165, 1.54) is 11.8 Å². The van der Waals surface area contributed by atoms with Crippen molar-refractivity contribution in [2.75, 3.05) is 13.7 Å². The number of carbonyl (C=O) groups excluding carboxylic acids is 2. The van der Waals surface area contributed by atoms with E-state index in [-0.39, 0.29) is 30.9 Å². The van der Waals surface area contributed by atoms with Gasteiger partial charge in [0.25, 0.3) is 0 Å². The molecular formula is C31H36N2O4S. The van der Waals surface area contributed by atoms with Crippen LogP contribution in [0.3, 0.4) is 0 Å². The minimum absolute atomic E-state index is 0.0406. The number of carbonyl (C=O) groups is 2. The molecule has 2 atom stereocenters. The zero-order valence-corrected chi connectivity index (χ0v) is 23.3. The third-order valence-corrected chi connectivity index (χ3v) is 8.44. The van der Waals surface area contributed by atoms with Gasteiger partial charge in [-0.05, 0) is 68.1 Å². The first-order chi connectivity index (χ1) is 18.3. The molecule has 3 aromatic carbocycles. The molecule has 1 aliphatic rings. The highest BCUT2D eigenvalue weighted by atomic mass is 32.2. The van der Waals surface area contributed by atoms with Crippen molar-refractivity contribution in [1.82, 2.24) is 10.2 Å². The summed E-state index contributed by atoms with van der Waals surface area (Å²) in [6, 6.07) is 22.9. The molecule has 200 valence electrons. The van der Waals surface area contributed by atoms with E-state index >= 15 is 0 Å². The van der Waals surface area contributed by atoms with Crippen molar-refractivity contribution in [2.45, 2.75) is 61.9 Å². The Bertz CT molecular complexity index is 1240. The molecule has 38 heavy (non-hydrogen) atoms. The first-order valence-electron chi connectivity index (χ1n) is 12.9. The predicted molar refractivity (Wildman–Crippen MR) is 151 cm³/mol. The first-order valence-corrected chi connectivity index (χ1v) is 13.8. The molecule has 7 heteroatoms. The third-order valence-electron chi connectivity index (χ3n) is 7.02. The summed E-state index contributed by atoms with van der Waals surface area (Å²) in [5.41, 5.74) is 3.89. The lowest BCUT2D eigenvalue weighted by Crippen LogP contribution is -2.49. The maximum absolute atomic E-state index is 14.2. The van der Waals surface area contributed by atoms with Gasteiger partial charge >= 0.3 is 0 Å². The van der Waals surface area contributed by atoms with Crippen LogP contribution in [0.1, 0.15) is 48.6 Å². The summed E-state index contributed by atoms with van der Waals surface area (Å²) in [7, 11) is 1.64. The summed E-state index contributed by atoms with van der Waals surface area (Å²) >= 11 is 1.46. The summed E-state index contributed by atoms with van der Waals surface area (Å²) in [6.07, 6.45) is 0.767. The fourth-order valence-electron chi connectivity index (χ4n) is 5.02. The molecule has 0 aliphatic carbocycles. The Kier molecular flexibility index (Phi) is 8.80. The number of hydrogen-bond acceptors (Lipinski definition) is 5. The smallest absolute Gasteiger partial charge is 0.239 e. The molecule has 1 heterocycles. The van der Waals surface area contributed by atoms with Crippen LogP contribution in [0.4, 0.5) is 0 Å². The van der Waals surface area contributed by atoms with Crippen molar-refractivity contribution >= 4 is 23.6 Å². The number of aryl methyl sites for hydroxylation is 1. The second kappa shape index (κ2) is 12.0. The van der Waals surface area contributed by atoms with Crippen molar-refractivity contribution in [3.63, 3.8) is 0 Å². The Morgan fingerprint density at radius 1 is 1.05 bits per heavy atom. The van der Waals surface area contributed by atoms with Crippen LogP contribution in [0.15, 0.2) is 77.7 Å². The summed E-state index contributed by atoms with van der Waals surface area (Å²) < 4.78 is 4.18. The molecule has 0 radical (unpaired) electrons. The predicted octanol–water partition coefficient (Wildman–Crippen LogP) is 5.07. The number of nitrogens with one attached hydrogen (secondary N) is 1. The number of amides is 2. The van der Waals surface area contributed by atoms with Crippen LogP contribution < -0.4 is 10.1 Å². The average Bonchev–Trinajstić information content (AvgIpc) is 3.23. The van der Waals surface area contributed by atoms with Gasteiger partial charge in [-0.2, -0.15) is 0 Å². The maximum atomic E-state index is 14.2. The second-order valence-corrected chi connectivity index (χ2v) is 11.4. The number of ether oxygens (including phenoxy) is 1. The van der Waals surface area contributed by atoms with E-state index in [1.54, 1.807) is 7.11 Å². The normalized spacial score (nSPS) is 19.2. The number of likely N-dealkylation sites (tertiary alicyclic amines) is 1. The third kappa shape index (κ3) is 5.89. The van der Waals surface area contributed by atoms with Crippen LogP contribution in [0, 0.1) is 6.92 Å². The van der Waals surface area contributed by atoms with E-state index in [0.717, 1.165) is 32.9 Å². The summed E-state index contributed by atoms with van der Waals surface area (Å²) in [5.74, 6) is 0.602. The van der Waals surface area contributed by atoms with Crippen molar-refractivity contribution in [3.05, 3.63) is 95.1 Å². The van der Waals surface area contributed by atoms with Gasteiger partial charge in [0.1, 0.15) is 10.5 Å². The van der Waals surface area contributed by atoms with Gasteiger partial charge in [0.2, 0.25) is 11.8 Å². The van der Waals surface area contributed by atoms with Crippen LogP contribution >= 0.6 is 11.8 Å². The van der Waals surface area contributed by atoms with Gasteiger partial charge in [-0.15, -0.1) is 11.8 Å². The minimum Gasteiger partial charge on any atom is -0.497 e. The molecule has 2 N–H and O–H groups in total. The molecule has 0 aromatic heterocycles. The molecule has 0 spiro atoms. The Labute approximate surface area is 229 Å². The number of nitrogens with zero attached hydrogens (tertiary/aromatic N) is 1. The van der Waals surface area contributed by atoms with E-state index in [0.29, 0.717) is 13.0 Å². The zero-order chi connectivity index (χ0) is 27.3. The monoisotopic (exact) mass is 532 g/mol. The van der Waals surface area contributed by atoms with Gasteiger partial charge in [-0.3, -0.25) is 9.59 Å². The topological polar surface area (TPSA) is 78.9 Å². The fraction of sp³-hybridized carbons (Fsp3) is 0.355. The lowest BCUT2D eigenvalue weighted by Gasteiger charge is -2.38. The molecule has 0 unspecified atom stereocenters. The van der Waals surface area contributed by atoms with Gasteiger partial charge in [0.05, 0.1) is 26.2 Å². The number of rotatable bonds is 10. The number of aliphatic hydroxyl groups excluding tert-OH is 1. The summed E-state index contributed by atoms with van der Waals surface area (Å²) in [4.78, 5) is 30.5. The van der Waals surface area contributed by atoms with Crippen LogP contribution in [-0.4, -0.2) is 46.3 Å². The number of aliphatic hydroxyl groups is 1. The number of thioether (sulfide) groups is 1. The number of hydrogen-bond donors (Lipinski definition) is 2. The minimum atomic E-state index is -1.06. The van der Waals surface area contributed by atoms with E-state index in [4.69, 9.17) is 4.74 Å². The number of benzene rings is 3. The van der Waals surface area contributed by atoms with E-state index in [9.17, 15) is 14.7 Å². The van der Waals surface area contributed by atoms with Crippen molar-refractivity contribution < 1.29 is 19.4 Å². The van der Waals surface area contributed by atoms with Crippen LogP contribution in [-0.2, 0) is 22.6 Å². The van der Waals surface area contributed by atoms with Crippen LogP contribution in [0.5, 0.6) is 5.75 Å². The lowest BCUT2D eigenvalue weighted by atomic mass is 9.90. The van der Waals surface area contributed by atoms with E-state index in [1.807, 2.05) is 98.5 Å². The standard InChI is InChI=1S/C31H36N2O4S/c1-21(2)33-28(35)19-31(38-27-15-5-22(3)6-16-27,29(33)25-11-7-24(20-34)8-12-25)30(36)32-18-17-23-9-13-26(37-4)14-10-23/h5-16,21,29,34H,17-20H2,1-4H3,(H,32,36)/t29-,31-/m1/s1. The summed E-state index contributed by atoms with van der Waals surface area (Å²) in [6.45, 7) is 6.39. The summed E-state index contributed by atoms with van der Waals surface area (Å²) in [5, 5.41) is 12.7. The second-order valence-electron chi connectivity index (χ2n) is 10.0. The maximum Gasteiger partial charge on any atom is 0.239 e. The van der Waals surface area contributed by atoms with Crippen molar-refractivity contribution in [1.29, 1.82) is 0 Å². The highest BCUT2D eigenvalue weighted by molar-refractivity contribution is 8.01. The van der Waals surface area contributed by atoms with E-state index in [2.05, 4.69) is 5.32 Å². The Balaban J connectivity index is 1.69. The molecule has 0 bridgehead atoms. The molecule has 1 fully saturated rings. The fourth-order valence-corrected chi connectivity index (χ4v) is 6.44. The largest absolute Gasteiger partial charge is 0.497 e. The Morgan fingerprint density at radius 3 is 2.26 bits per heavy atom. The quantitative estimate of drug-likeness (QED) is 0.381. The molecule has 4 rings (SSSR count). The van der Waals surface area contributed by atoms with Gasteiger partial charge < -0.3 is 20.1 Å². The SMILES string of the molecule is COc1ccc(CCNC(=O)[C@@]2(Sc3ccc(C)cc3)CC(=O)N(C(C)C)[C@@H]2c2ccc(CO)cc2)cc1. The first kappa shape index (κ1) is 27.7. The Hall–Kier alpha value is -3.29. The molecule has 6 nitrogen and oxygen atoms in total. The molecule has 3 aromatic rings. The van der Waals surface area contributed by atoms with Gasteiger partial charge in [-0.1, -0.05) is 54.1 Å². The van der Waals surface area contributed by atoms with Crippen molar-refractivity contribution in [2.24, 2.45) is 0 Å². The van der Waals surface area contributed by atoms with Gasteiger partial charge in [0.15, 0.2) is 0 Å². The van der Waals surface area contributed by atoms with Crippen molar-refractivity contribution in [3.8, 4) is 5.75 Å². The Morgan fingerprint density at radius 2 is 1.68 bits per heavy atom. The van der Waals surface area contributed by atoms with E-state index < -0.39 is 10.8 Å². The lowest BCUT2D eigenvalue weighted by molar-refractivity contribution is -0.130. The van der Waals surface area contributed by atoms with Crippen LogP contribution in [0.25, 0.3) is 0 Å². The molecular weight excluding hydrogens is 496 g/mol. The molecule has 2 amide bonds. The zero-order valence-electron chi connectivity index (χ0n) is 22.4. The highest BCUT2D eigenvalue weighted by Crippen LogP contribution is 2.53. The highest BCUT2D eigenvalue weighted by Gasteiger charge is 2.58. The molecule has 1 saturated heterocycles. The number of methoxy groups -OCH3 is 1. The molecule has 0 saturated carbocycles. The average molecular weight is 533 g/mol. The van der Waals surface area contributed by atoms with Gasteiger partial charge in [0, 0.05) is 17.5 Å². The van der Waals surface area contributed by atoms with Crippen LogP contribution in [0.2, 0.25) is 0 Å².